The maximum atomic E-state index is 12.3. The Balaban J connectivity index is 1.67. The van der Waals surface area contributed by atoms with Crippen LogP contribution < -0.4 is 15.0 Å². The maximum Gasteiger partial charge on any atom is 0.276 e. The van der Waals surface area contributed by atoms with Crippen molar-refractivity contribution in [3.05, 3.63) is 42.1 Å². The average molecular weight is 326 g/mol. The molecule has 126 valence electrons. The van der Waals surface area contributed by atoms with E-state index in [9.17, 15) is 4.79 Å². The lowest BCUT2D eigenvalue weighted by Crippen LogP contribution is -2.35. The first-order valence-electron chi connectivity index (χ1n) is 8.20. The van der Waals surface area contributed by atoms with E-state index in [2.05, 4.69) is 27.3 Å². The molecule has 1 atom stereocenters. The van der Waals surface area contributed by atoms with Crippen molar-refractivity contribution in [3.63, 3.8) is 0 Å². The SMILES string of the molecule is COc1cccc(NC(=O)c2ccc(N3CCCC(C)C3)nn2)c1. The molecule has 2 aromatic rings. The maximum absolute atomic E-state index is 12.3. The molecule has 1 aromatic heterocycles. The first-order valence-corrected chi connectivity index (χ1v) is 8.20. The Bertz CT molecular complexity index is 702. The van der Waals surface area contributed by atoms with Crippen molar-refractivity contribution in [3.8, 4) is 5.75 Å². The second-order valence-corrected chi connectivity index (χ2v) is 6.16. The van der Waals surface area contributed by atoms with Gasteiger partial charge in [-0.3, -0.25) is 4.79 Å². The fraction of sp³-hybridized carbons (Fsp3) is 0.389. The largest absolute Gasteiger partial charge is 0.497 e. The first-order chi connectivity index (χ1) is 11.7. The van der Waals surface area contributed by atoms with Crippen molar-refractivity contribution in [1.82, 2.24) is 10.2 Å². The molecule has 1 saturated heterocycles. The Kier molecular flexibility index (Phi) is 4.93. The van der Waals surface area contributed by atoms with Gasteiger partial charge in [0.05, 0.1) is 7.11 Å². The summed E-state index contributed by atoms with van der Waals surface area (Å²) in [5.41, 5.74) is 0.960. The van der Waals surface area contributed by atoms with Gasteiger partial charge < -0.3 is 15.0 Å². The fourth-order valence-corrected chi connectivity index (χ4v) is 2.91. The predicted octanol–water partition coefficient (Wildman–Crippen LogP) is 2.97. The van der Waals surface area contributed by atoms with Gasteiger partial charge in [-0.15, -0.1) is 10.2 Å². The molecule has 1 N–H and O–H groups in total. The molecule has 6 nitrogen and oxygen atoms in total. The van der Waals surface area contributed by atoms with Crippen molar-refractivity contribution in [2.45, 2.75) is 19.8 Å². The number of nitrogens with one attached hydrogen (secondary N) is 1. The van der Waals surface area contributed by atoms with Gasteiger partial charge in [0.15, 0.2) is 11.5 Å². The summed E-state index contributed by atoms with van der Waals surface area (Å²) in [7, 11) is 1.59. The highest BCUT2D eigenvalue weighted by Crippen LogP contribution is 2.21. The molecule has 2 heterocycles. The predicted molar refractivity (Wildman–Crippen MR) is 93.6 cm³/mol. The summed E-state index contributed by atoms with van der Waals surface area (Å²) in [6, 6.07) is 10.8. The molecule has 0 aliphatic carbocycles. The highest BCUT2D eigenvalue weighted by molar-refractivity contribution is 6.02. The Morgan fingerprint density at radius 1 is 1.29 bits per heavy atom. The van der Waals surface area contributed by atoms with Crippen LogP contribution in [0.5, 0.6) is 5.75 Å². The normalized spacial score (nSPS) is 17.4. The van der Waals surface area contributed by atoms with E-state index in [1.807, 2.05) is 18.2 Å². The number of carbonyl (C=O) groups is 1. The highest BCUT2D eigenvalue weighted by atomic mass is 16.5. The van der Waals surface area contributed by atoms with E-state index in [0.717, 1.165) is 18.9 Å². The summed E-state index contributed by atoms with van der Waals surface area (Å²) in [6.45, 7) is 4.23. The number of benzene rings is 1. The van der Waals surface area contributed by atoms with Gasteiger partial charge in [0.1, 0.15) is 5.75 Å². The third-order valence-electron chi connectivity index (χ3n) is 4.19. The summed E-state index contributed by atoms with van der Waals surface area (Å²) in [5.74, 6) is 1.90. The van der Waals surface area contributed by atoms with Gasteiger partial charge in [0.25, 0.3) is 5.91 Å². The molecule has 6 heteroatoms. The fourth-order valence-electron chi connectivity index (χ4n) is 2.91. The molecule has 1 amide bonds. The van der Waals surface area contributed by atoms with Crippen LogP contribution in [0, 0.1) is 5.92 Å². The van der Waals surface area contributed by atoms with Gasteiger partial charge in [-0.05, 0) is 43.0 Å². The van der Waals surface area contributed by atoms with Crippen LogP contribution in [-0.4, -0.2) is 36.3 Å². The molecule has 0 bridgehead atoms. The van der Waals surface area contributed by atoms with Crippen LogP contribution in [0.3, 0.4) is 0 Å². The third kappa shape index (κ3) is 3.82. The van der Waals surface area contributed by atoms with E-state index in [-0.39, 0.29) is 5.91 Å². The molecule has 0 spiro atoms. The van der Waals surface area contributed by atoms with Crippen LogP contribution >= 0.6 is 0 Å². The number of hydrogen-bond acceptors (Lipinski definition) is 5. The number of carbonyl (C=O) groups excluding carboxylic acids is 1. The van der Waals surface area contributed by atoms with Crippen molar-refractivity contribution in [1.29, 1.82) is 0 Å². The topological polar surface area (TPSA) is 67.3 Å². The Morgan fingerprint density at radius 3 is 2.88 bits per heavy atom. The molecule has 1 unspecified atom stereocenters. The summed E-state index contributed by atoms with van der Waals surface area (Å²) in [6.07, 6.45) is 2.42. The molecule has 1 aliphatic heterocycles. The smallest absolute Gasteiger partial charge is 0.276 e. The van der Waals surface area contributed by atoms with E-state index in [1.54, 1.807) is 25.3 Å². The van der Waals surface area contributed by atoms with Crippen molar-refractivity contribution >= 4 is 17.4 Å². The van der Waals surface area contributed by atoms with Gasteiger partial charge in [-0.2, -0.15) is 0 Å². The van der Waals surface area contributed by atoms with Gasteiger partial charge >= 0.3 is 0 Å². The minimum absolute atomic E-state index is 0.283. The molecule has 1 fully saturated rings. The zero-order valence-corrected chi connectivity index (χ0v) is 14.0. The molecular formula is C18H22N4O2. The molecule has 1 aromatic carbocycles. The van der Waals surface area contributed by atoms with Gasteiger partial charge in [0, 0.05) is 24.8 Å². The number of ether oxygens (including phenoxy) is 1. The number of methoxy groups -OCH3 is 1. The summed E-state index contributed by atoms with van der Waals surface area (Å²) in [5, 5.41) is 11.1. The molecule has 24 heavy (non-hydrogen) atoms. The van der Waals surface area contributed by atoms with Crippen LogP contribution in [0.4, 0.5) is 11.5 Å². The second-order valence-electron chi connectivity index (χ2n) is 6.16. The van der Waals surface area contributed by atoms with Crippen LogP contribution in [-0.2, 0) is 0 Å². The summed E-state index contributed by atoms with van der Waals surface area (Å²) < 4.78 is 5.15. The van der Waals surface area contributed by atoms with E-state index < -0.39 is 0 Å². The second kappa shape index (κ2) is 7.29. The average Bonchev–Trinajstić information content (AvgIpc) is 2.62. The molecule has 0 saturated carbocycles. The highest BCUT2D eigenvalue weighted by Gasteiger charge is 2.18. The number of amides is 1. The van der Waals surface area contributed by atoms with E-state index in [4.69, 9.17) is 4.74 Å². The minimum Gasteiger partial charge on any atom is -0.497 e. The van der Waals surface area contributed by atoms with E-state index in [0.29, 0.717) is 23.0 Å². The third-order valence-corrected chi connectivity index (χ3v) is 4.19. The summed E-state index contributed by atoms with van der Waals surface area (Å²) in [4.78, 5) is 14.5. The monoisotopic (exact) mass is 326 g/mol. The Morgan fingerprint density at radius 2 is 2.17 bits per heavy atom. The lowest BCUT2D eigenvalue weighted by molar-refractivity contribution is 0.102. The minimum atomic E-state index is -0.283. The van der Waals surface area contributed by atoms with Crippen molar-refractivity contribution in [2.24, 2.45) is 5.92 Å². The van der Waals surface area contributed by atoms with Crippen LogP contribution in [0.2, 0.25) is 0 Å². The Hall–Kier alpha value is -2.63. The number of anilines is 2. The number of piperidine rings is 1. The zero-order chi connectivity index (χ0) is 16.9. The van der Waals surface area contributed by atoms with Crippen LogP contribution in [0.1, 0.15) is 30.3 Å². The van der Waals surface area contributed by atoms with Crippen LogP contribution in [0.25, 0.3) is 0 Å². The number of rotatable bonds is 4. The van der Waals surface area contributed by atoms with Gasteiger partial charge in [0.2, 0.25) is 0 Å². The molecule has 1 aliphatic rings. The zero-order valence-electron chi connectivity index (χ0n) is 14.0. The number of nitrogens with zero attached hydrogens (tertiary/aromatic N) is 3. The quantitative estimate of drug-likeness (QED) is 0.935. The number of aromatic nitrogens is 2. The lowest BCUT2D eigenvalue weighted by Gasteiger charge is -2.31. The van der Waals surface area contributed by atoms with Gasteiger partial charge in [-0.1, -0.05) is 13.0 Å². The van der Waals surface area contributed by atoms with Crippen LogP contribution in [0.15, 0.2) is 36.4 Å². The lowest BCUT2D eigenvalue weighted by atomic mass is 10.0. The van der Waals surface area contributed by atoms with Gasteiger partial charge in [-0.25, -0.2) is 0 Å². The van der Waals surface area contributed by atoms with Crippen molar-refractivity contribution in [2.75, 3.05) is 30.4 Å². The standard InChI is InChI=1S/C18H22N4O2/c1-13-5-4-10-22(12-13)17-9-8-16(20-21-17)18(23)19-14-6-3-7-15(11-14)24-2/h3,6-9,11,13H,4-5,10,12H2,1-2H3,(H,19,23). The summed E-state index contributed by atoms with van der Waals surface area (Å²) >= 11 is 0. The molecule has 0 radical (unpaired) electrons. The first kappa shape index (κ1) is 16.2. The molecular weight excluding hydrogens is 304 g/mol. The number of hydrogen-bond donors (Lipinski definition) is 1. The Labute approximate surface area is 141 Å². The van der Waals surface area contributed by atoms with E-state index >= 15 is 0 Å². The van der Waals surface area contributed by atoms with E-state index in [1.165, 1.54) is 12.8 Å². The molecule has 3 rings (SSSR count). The van der Waals surface area contributed by atoms with Crippen molar-refractivity contribution < 1.29 is 9.53 Å².